The van der Waals surface area contributed by atoms with Gasteiger partial charge < -0.3 is 19.9 Å². The van der Waals surface area contributed by atoms with Gasteiger partial charge in [0, 0.05) is 13.6 Å². The molecule has 0 aliphatic carbocycles. The van der Waals surface area contributed by atoms with Crippen LogP contribution in [0, 0.1) is 0 Å². The fourth-order valence-corrected chi connectivity index (χ4v) is 2.89. The zero-order valence-corrected chi connectivity index (χ0v) is 17.5. The molecule has 0 unspecified atom stereocenters. The first-order valence-electron chi connectivity index (χ1n) is 8.65. The van der Waals surface area contributed by atoms with Crippen molar-refractivity contribution in [2.24, 2.45) is 0 Å². The number of hydrogen-bond donors (Lipinski definition) is 1. The molecule has 2 aromatic rings. The minimum atomic E-state index is -0.406. The molecule has 2 rings (SSSR count). The number of amides is 2. The molecule has 0 fully saturated rings. The SMILES string of the molecule is CN(C)CCOc1ccccc1C(=O)N(C)CC(=O)Nc1c(Cl)cccc1Cl. The molecule has 0 heterocycles. The quantitative estimate of drug-likeness (QED) is 0.703. The Labute approximate surface area is 175 Å². The van der Waals surface area contributed by atoms with E-state index in [1.807, 2.05) is 19.0 Å². The van der Waals surface area contributed by atoms with Crippen LogP contribution in [0.1, 0.15) is 10.4 Å². The largest absolute Gasteiger partial charge is 0.491 e. The average Bonchev–Trinajstić information content (AvgIpc) is 2.64. The summed E-state index contributed by atoms with van der Waals surface area (Å²) in [6.45, 7) is 1.01. The minimum absolute atomic E-state index is 0.160. The normalized spacial score (nSPS) is 10.6. The van der Waals surface area contributed by atoms with Gasteiger partial charge in [0.05, 0.1) is 27.8 Å². The van der Waals surface area contributed by atoms with E-state index in [2.05, 4.69) is 5.32 Å². The van der Waals surface area contributed by atoms with Gasteiger partial charge in [0.1, 0.15) is 12.4 Å². The van der Waals surface area contributed by atoms with Crippen LogP contribution in [0.2, 0.25) is 10.0 Å². The first kappa shape index (κ1) is 22.0. The summed E-state index contributed by atoms with van der Waals surface area (Å²) >= 11 is 12.1. The van der Waals surface area contributed by atoms with Gasteiger partial charge in [0.15, 0.2) is 0 Å². The number of hydrogen-bond acceptors (Lipinski definition) is 4. The van der Waals surface area contributed by atoms with Crippen molar-refractivity contribution >= 4 is 40.7 Å². The van der Waals surface area contributed by atoms with E-state index in [1.54, 1.807) is 49.5 Å². The van der Waals surface area contributed by atoms with Crippen molar-refractivity contribution in [2.45, 2.75) is 0 Å². The van der Waals surface area contributed by atoms with Crippen molar-refractivity contribution in [1.29, 1.82) is 0 Å². The summed E-state index contributed by atoms with van der Waals surface area (Å²) in [6.07, 6.45) is 0. The Morgan fingerprint density at radius 3 is 2.29 bits per heavy atom. The standard InChI is InChI=1S/C20H23Cl2N3O3/c1-24(2)11-12-28-17-10-5-4-7-14(17)20(27)25(3)13-18(26)23-19-15(21)8-6-9-16(19)22/h4-10H,11-13H2,1-3H3,(H,23,26). The number of carbonyl (C=O) groups excluding carboxylic acids is 2. The summed E-state index contributed by atoms with van der Waals surface area (Å²) in [5, 5.41) is 3.30. The third kappa shape index (κ3) is 6.12. The Kier molecular flexibility index (Phi) is 8.11. The summed E-state index contributed by atoms with van der Waals surface area (Å²) < 4.78 is 5.73. The molecular formula is C20H23Cl2N3O3. The molecule has 0 radical (unpaired) electrons. The molecule has 150 valence electrons. The fraction of sp³-hybridized carbons (Fsp3) is 0.300. The highest BCUT2D eigenvalue weighted by atomic mass is 35.5. The van der Waals surface area contributed by atoms with Gasteiger partial charge in [-0.05, 0) is 38.4 Å². The summed E-state index contributed by atoms with van der Waals surface area (Å²) in [5.41, 5.74) is 0.719. The second-order valence-electron chi connectivity index (χ2n) is 6.45. The maximum Gasteiger partial charge on any atom is 0.257 e. The van der Waals surface area contributed by atoms with Gasteiger partial charge in [-0.1, -0.05) is 41.4 Å². The lowest BCUT2D eigenvalue weighted by Gasteiger charge is -2.19. The molecule has 0 spiro atoms. The van der Waals surface area contributed by atoms with Crippen LogP contribution in [0.15, 0.2) is 42.5 Å². The van der Waals surface area contributed by atoms with Gasteiger partial charge in [-0.15, -0.1) is 0 Å². The highest BCUT2D eigenvalue weighted by molar-refractivity contribution is 6.39. The zero-order chi connectivity index (χ0) is 20.7. The smallest absolute Gasteiger partial charge is 0.257 e. The van der Waals surface area contributed by atoms with E-state index in [1.165, 1.54) is 4.90 Å². The van der Waals surface area contributed by atoms with Gasteiger partial charge in [-0.25, -0.2) is 0 Å². The number of likely N-dealkylation sites (N-methyl/N-ethyl adjacent to an activating group) is 2. The van der Waals surface area contributed by atoms with Gasteiger partial charge in [0.25, 0.3) is 5.91 Å². The summed E-state index contributed by atoms with van der Waals surface area (Å²) in [4.78, 5) is 28.4. The van der Waals surface area contributed by atoms with E-state index in [4.69, 9.17) is 27.9 Å². The lowest BCUT2D eigenvalue weighted by atomic mass is 10.1. The van der Waals surface area contributed by atoms with Crippen LogP contribution in [-0.4, -0.2) is 62.5 Å². The van der Waals surface area contributed by atoms with Crippen LogP contribution in [0.5, 0.6) is 5.75 Å². The fourth-order valence-electron chi connectivity index (χ4n) is 2.40. The molecule has 6 nitrogen and oxygen atoms in total. The molecule has 2 aromatic carbocycles. The second-order valence-corrected chi connectivity index (χ2v) is 7.27. The average molecular weight is 424 g/mol. The number of carbonyl (C=O) groups is 2. The second kappa shape index (κ2) is 10.3. The van der Waals surface area contributed by atoms with Crippen LogP contribution in [0.4, 0.5) is 5.69 Å². The molecule has 1 N–H and O–H groups in total. The predicted molar refractivity (Wildman–Crippen MR) is 113 cm³/mol. The van der Waals surface area contributed by atoms with Gasteiger partial charge in [-0.2, -0.15) is 0 Å². The Bertz CT molecular complexity index is 823. The number of rotatable bonds is 8. The highest BCUT2D eigenvalue weighted by Gasteiger charge is 2.19. The molecule has 0 bridgehead atoms. The van der Waals surface area contributed by atoms with Crippen LogP contribution in [-0.2, 0) is 4.79 Å². The highest BCUT2D eigenvalue weighted by Crippen LogP contribution is 2.29. The monoisotopic (exact) mass is 423 g/mol. The molecule has 0 saturated carbocycles. The number of nitrogens with one attached hydrogen (secondary N) is 1. The molecule has 0 aliphatic heterocycles. The summed E-state index contributed by atoms with van der Waals surface area (Å²) in [5.74, 6) is -0.242. The van der Waals surface area contributed by atoms with E-state index < -0.39 is 5.91 Å². The lowest BCUT2D eigenvalue weighted by molar-refractivity contribution is -0.116. The van der Waals surface area contributed by atoms with Gasteiger partial charge in [0.2, 0.25) is 5.91 Å². The van der Waals surface area contributed by atoms with Crippen LogP contribution >= 0.6 is 23.2 Å². The predicted octanol–water partition coefficient (Wildman–Crippen LogP) is 3.64. The van der Waals surface area contributed by atoms with E-state index in [0.717, 1.165) is 6.54 Å². The van der Waals surface area contributed by atoms with Crippen molar-refractivity contribution in [1.82, 2.24) is 9.80 Å². The molecular weight excluding hydrogens is 401 g/mol. The first-order chi connectivity index (χ1) is 13.3. The Morgan fingerprint density at radius 2 is 1.64 bits per heavy atom. The molecule has 8 heteroatoms. The van der Waals surface area contributed by atoms with Crippen LogP contribution in [0.3, 0.4) is 0 Å². The zero-order valence-electron chi connectivity index (χ0n) is 16.0. The lowest BCUT2D eigenvalue weighted by Crippen LogP contribution is -2.35. The first-order valence-corrected chi connectivity index (χ1v) is 9.41. The molecule has 0 saturated heterocycles. The molecule has 0 aromatic heterocycles. The maximum absolute atomic E-state index is 12.8. The van der Waals surface area contributed by atoms with Gasteiger partial charge in [-0.3, -0.25) is 9.59 Å². The summed E-state index contributed by atoms with van der Waals surface area (Å²) in [6, 6.07) is 11.9. The van der Waals surface area contributed by atoms with Crippen molar-refractivity contribution in [2.75, 3.05) is 46.2 Å². The topological polar surface area (TPSA) is 61.9 Å². The molecule has 0 aliphatic rings. The molecule has 28 heavy (non-hydrogen) atoms. The number of ether oxygens (including phenoxy) is 1. The molecule has 0 atom stereocenters. The Balaban J connectivity index is 2.03. The third-order valence-corrected chi connectivity index (χ3v) is 4.50. The third-order valence-electron chi connectivity index (χ3n) is 3.87. The van der Waals surface area contributed by atoms with Gasteiger partial charge >= 0.3 is 0 Å². The van der Waals surface area contributed by atoms with E-state index in [9.17, 15) is 9.59 Å². The minimum Gasteiger partial charge on any atom is -0.491 e. The number of nitrogens with zero attached hydrogens (tertiary/aromatic N) is 2. The van der Waals surface area contributed by atoms with E-state index >= 15 is 0 Å². The molecule has 2 amide bonds. The number of halogens is 2. The van der Waals surface area contributed by atoms with Crippen LogP contribution in [0.25, 0.3) is 0 Å². The maximum atomic E-state index is 12.8. The number of benzene rings is 2. The van der Waals surface area contributed by atoms with Crippen molar-refractivity contribution < 1.29 is 14.3 Å². The van der Waals surface area contributed by atoms with Crippen LogP contribution < -0.4 is 10.1 Å². The van der Waals surface area contributed by atoms with Crippen molar-refractivity contribution in [3.05, 3.63) is 58.1 Å². The Hall–Kier alpha value is -2.28. The van der Waals surface area contributed by atoms with Crippen molar-refractivity contribution in [3.8, 4) is 5.75 Å². The van der Waals surface area contributed by atoms with Crippen molar-refractivity contribution in [3.63, 3.8) is 0 Å². The number of para-hydroxylation sites is 2. The summed E-state index contributed by atoms with van der Waals surface area (Å²) in [7, 11) is 5.43. The number of anilines is 1. The Morgan fingerprint density at radius 1 is 1.00 bits per heavy atom. The van der Waals surface area contributed by atoms with E-state index in [-0.39, 0.29) is 12.5 Å². The van der Waals surface area contributed by atoms with E-state index in [0.29, 0.717) is 33.7 Å².